The molecule has 0 saturated heterocycles. The van der Waals surface area contributed by atoms with E-state index in [4.69, 9.17) is 5.73 Å². The van der Waals surface area contributed by atoms with Gasteiger partial charge in [0.25, 0.3) is 0 Å². The molecule has 2 N–H and O–H groups in total. The van der Waals surface area contributed by atoms with Gasteiger partial charge in [-0.3, -0.25) is 4.90 Å². The molecule has 0 atom stereocenters. The lowest BCUT2D eigenvalue weighted by atomic mass is 9.80. The van der Waals surface area contributed by atoms with Crippen molar-refractivity contribution in [3.05, 3.63) is 12.2 Å². The smallest absolute Gasteiger partial charge is 0.141 e. The van der Waals surface area contributed by atoms with Crippen LogP contribution in [-0.2, 0) is 13.1 Å². The van der Waals surface area contributed by atoms with Gasteiger partial charge in [-0.25, -0.2) is 9.67 Å². The van der Waals surface area contributed by atoms with Gasteiger partial charge in [0.05, 0.1) is 6.54 Å². The first-order valence-corrected chi connectivity index (χ1v) is 8.07. The van der Waals surface area contributed by atoms with Crippen molar-refractivity contribution in [3.63, 3.8) is 0 Å². The molecule has 114 valence electrons. The number of rotatable bonds is 7. The minimum absolute atomic E-state index is 0.177. The molecule has 2 rings (SSSR count). The molecule has 0 amide bonds. The molecule has 1 aliphatic carbocycles. The van der Waals surface area contributed by atoms with Crippen molar-refractivity contribution in [1.82, 2.24) is 19.7 Å². The Morgan fingerprint density at radius 1 is 1.30 bits per heavy atom. The van der Waals surface area contributed by atoms with Gasteiger partial charge in [0, 0.05) is 18.6 Å². The molecule has 0 bridgehead atoms. The van der Waals surface area contributed by atoms with Crippen LogP contribution in [0.15, 0.2) is 6.33 Å². The second kappa shape index (κ2) is 7.18. The third-order valence-corrected chi connectivity index (χ3v) is 4.68. The lowest BCUT2D eigenvalue weighted by Crippen LogP contribution is -2.54. The van der Waals surface area contributed by atoms with Crippen LogP contribution in [0.3, 0.4) is 0 Å². The Kier molecular flexibility index (Phi) is 5.54. The van der Waals surface area contributed by atoms with Crippen molar-refractivity contribution in [2.24, 2.45) is 5.73 Å². The first-order valence-electron chi connectivity index (χ1n) is 8.07. The number of hydrogen-bond acceptors (Lipinski definition) is 4. The van der Waals surface area contributed by atoms with E-state index in [2.05, 4.69) is 28.8 Å². The van der Waals surface area contributed by atoms with Crippen LogP contribution in [0, 0.1) is 0 Å². The summed E-state index contributed by atoms with van der Waals surface area (Å²) in [5.41, 5.74) is 6.33. The molecule has 0 aromatic carbocycles. The zero-order valence-electron chi connectivity index (χ0n) is 13.0. The Morgan fingerprint density at radius 2 is 2.05 bits per heavy atom. The summed E-state index contributed by atoms with van der Waals surface area (Å²) in [6.07, 6.45) is 9.16. The topological polar surface area (TPSA) is 60.0 Å². The largest absolute Gasteiger partial charge is 0.329 e. The van der Waals surface area contributed by atoms with Gasteiger partial charge in [0.15, 0.2) is 0 Å². The number of aryl methyl sites for hydroxylation is 1. The van der Waals surface area contributed by atoms with Crippen molar-refractivity contribution >= 4 is 0 Å². The summed E-state index contributed by atoms with van der Waals surface area (Å²) in [4.78, 5) is 6.98. The summed E-state index contributed by atoms with van der Waals surface area (Å²) >= 11 is 0. The van der Waals surface area contributed by atoms with Gasteiger partial charge in [-0.05, 0) is 25.8 Å². The summed E-state index contributed by atoms with van der Waals surface area (Å²) in [7, 11) is 0. The third-order valence-electron chi connectivity index (χ3n) is 4.68. The van der Waals surface area contributed by atoms with Gasteiger partial charge in [-0.2, -0.15) is 5.10 Å². The number of nitrogens with zero attached hydrogens (tertiary/aromatic N) is 4. The Balaban J connectivity index is 2.12. The van der Waals surface area contributed by atoms with Crippen molar-refractivity contribution in [1.29, 1.82) is 0 Å². The quantitative estimate of drug-likeness (QED) is 0.831. The predicted octanol–water partition coefficient (Wildman–Crippen LogP) is 2.17. The minimum Gasteiger partial charge on any atom is -0.329 e. The summed E-state index contributed by atoms with van der Waals surface area (Å²) in [5.74, 6) is 1.08. The average molecular weight is 279 g/mol. The number of hydrogen-bond donors (Lipinski definition) is 1. The second-order valence-corrected chi connectivity index (χ2v) is 5.90. The molecule has 0 spiro atoms. The maximum atomic E-state index is 6.16. The van der Waals surface area contributed by atoms with Crippen LogP contribution in [0.1, 0.15) is 58.2 Å². The van der Waals surface area contributed by atoms with E-state index in [9.17, 15) is 0 Å². The van der Waals surface area contributed by atoms with E-state index in [1.54, 1.807) is 6.33 Å². The Morgan fingerprint density at radius 3 is 2.65 bits per heavy atom. The lowest BCUT2D eigenvalue weighted by Gasteiger charge is -2.45. The highest BCUT2D eigenvalue weighted by Crippen LogP contribution is 2.33. The van der Waals surface area contributed by atoms with E-state index in [0.717, 1.165) is 38.4 Å². The highest BCUT2D eigenvalue weighted by atomic mass is 15.4. The summed E-state index contributed by atoms with van der Waals surface area (Å²) in [5, 5.41) is 4.33. The van der Waals surface area contributed by atoms with Crippen LogP contribution in [0.4, 0.5) is 0 Å². The molecule has 1 fully saturated rings. The number of likely N-dealkylation sites (N-methyl/N-ethyl adjacent to an activating group) is 1. The second-order valence-electron chi connectivity index (χ2n) is 5.90. The van der Waals surface area contributed by atoms with Gasteiger partial charge in [-0.1, -0.05) is 33.1 Å². The summed E-state index contributed by atoms with van der Waals surface area (Å²) in [6, 6.07) is 0. The highest BCUT2D eigenvalue weighted by Gasteiger charge is 2.36. The summed E-state index contributed by atoms with van der Waals surface area (Å²) in [6.45, 7) is 7.99. The molecule has 1 aromatic heterocycles. The van der Waals surface area contributed by atoms with Gasteiger partial charge in [-0.15, -0.1) is 0 Å². The molecule has 5 nitrogen and oxygen atoms in total. The van der Waals surface area contributed by atoms with Gasteiger partial charge in [0.2, 0.25) is 0 Å². The molecule has 1 aliphatic rings. The van der Waals surface area contributed by atoms with Crippen molar-refractivity contribution in [3.8, 4) is 0 Å². The minimum atomic E-state index is 0.177. The van der Waals surface area contributed by atoms with Crippen LogP contribution in [0.5, 0.6) is 0 Å². The predicted molar refractivity (Wildman–Crippen MR) is 81.3 cm³/mol. The first kappa shape index (κ1) is 15.4. The fraction of sp³-hybridized carbons (Fsp3) is 0.867. The van der Waals surface area contributed by atoms with Crippen molar-refractivity contribution < 1.29 is 0 Å². The molecular formula is C15H29N5. The standard InChI is InChI=1S/C15H29N5/c1-3-10-20-14(17-13-18-20)11-19(4-2)15(12-16)8-6-5-7-9-15/h13H,3-12,16H2,1-2H3. The molecule has 1 saturated carbocycles. The van der Waals surface area contributed by atoms with Crippen LogP contribution < -0.4 is 5.73 Å². The van der Waals surface area contributed by atoms with E-state index >= 15 is 0 Å². The molecule has 0 aliphatic heterocycles. The molecule has 0 radical (unpaired) electrons. The molecule has 0 unspecified atom stereocenters. The van der Waals surface area contributed by atoms with Gasteiger partial charge >= 0.3 is 0 Å². The fourth-order valence-electron chi connectivity index (χ4n) is 3.45. The van der Waals surface area contributed by atoms with Crippen LogP contribution in [0.25, 0.3) is 0 Å². The molecular weight excluding hydrogens is 250 g/mol. The zero-order valence-corrected chi connectivity index (χ0v) is 13.0. The normalized spacial score (nSPS) is 18.6. The Labute approximate surface area is 122 Å². The lowest BCUT2D eigenvalue weighted by molar-refractivity contribution is 0.0511. The van der Waals surface area contributed by atoms with Gasteiger partial charge < -0.3 is 5.73 Å². The Bertz CT molecular complexity index is 395. The van der Waals surface area contributed by atoms with Crippen LogP contribution in [-0.4, -0.2) is 38.3 Å². The van der Waals surface area contributed by atoms with E-state index < -0.39 is 0 Å². The van der Waals surface area contributed by atoms with Crippen LogP contribution >= 0.6 is 0 Å². The SMILES string of the molecule is CCCn1ncnc1CN(CC)C1(CN)CCCCC1. The van der Waals surface area contributed by atoms with Crippen molar-refractivity contribution in [2.75, 3.05) is 13.1 Å². The van der Waals surface area contributed by atoms with Crippen LogP contribution in [0.2, 0.25) is 0 Å². The number of aromatic nitrogens is 3. The molecule has 20 heavy (non-hydrogen) atoms. The fourth-order valence-corrected chi connectivity index (χ4v) is 3.45. The van der Waals surface area contributed by atoms with E-state index in [-0.39, 0.29) is 5.54 Å². The van der Waals surface area contributed by atoms with E-state index in [1.807, 2.05) is 4.68 Å². The van der Waals surface area contributed by atoms with Crippen molar-refractivity contribution in [2.45, 2.75) is 71.0 Å². The molecule has 1 aromatic rings. The van der Waals surface area contributed by atoms with Gasteiger partial charge in [0.1, 0.15) is 12.2 Å². The third kappa shape index (κ3) is 3.20. The Hall–Kier alpha value is -0.940. The monoisotopic (exact) mass is 279 g/mol. The number of nitrogens with two attached hydrogens (primary N) is 1. The molecule has 5 heteroatoms. The maximum Gasteiger partial charge on any atom is 0.141 e. The summed E-state index contributed by atoms with van der Waals surface area (Å²) < 4.78 is 2.04. The highest BCUT2D eigenvalue weighted by molar-refractivity contribution is 4.97. The molecule has 1 heterocycles. The maximum absolute atomic E-state index is 6.16. The average Bonchev–Trinajstić information content (AvgIpc) is 2.93. The first-order chi connectivity index (χ1) is 9.75. The van der Waals surface area contributed by atoms with E-state index in [0.29, 0.717) is 0 Å². The van der Waals surface area contributed by atoms with E-state index in [1.165, 1.54) is 32.1 Å². The zero-order chi connectivity index (χ0) is 14.4.